The van der Waals surface area contributed by atoms with Gasteiger partial charge in [0.25, 0.3) is 0 Å². The second-order valence-electron chi connectivity index (χ2n) is 4.89. The topological polar surface area (TPSA) is 95.4 Å². The zero-order valence-corrected chi connectivity index (χ0v) is 13.5. The van der Waals surface area contributed by atoms with Gasteiger partial charge in [0.05, 0.1) is 5.69 Å². The summed E-state index contributed by atoms with van der Waals surface area (Å²) >= 11 is 3.32. The molecule has 0 saturated heterocycles. The molecule has 23 heavy (non-hydrogen) atoms. The van der Waals surface area contributed by atoms with Crippen molar-refractivity contribution in [2.24, 2.45) is 10.2 Å². The summed E-state index contributed by atoms with van der Waals surface area (Å²) in [5.74, 6) is -0.855. The highest BCUT2D eigenvalue weighted by Gasteiger charge is 2.16. The molecule has 0 atom stereocenters. The van der Waals surface area contributed by atoms with Gasteiger partial charge in [0, 0.05) is 15.9 Å². The molecule has 0 unspecified atom stereocenters. The molecule has 3 aromatic rings. The van der Waals surface area contributed by atoms with Crippen molar-refractivity contribution in [1.82, 2.24) is 0 Å². The maximum absolute atomic E-state index is 11.6. The summed E-state index contributed by atoms with van der Waals surface area (Å²) in [5, 5.41) is 28.3. The highest BCUT2D eigenvalue weighted by atomic mass is 79.9. The van der Waals surface area contributed by atoms with E-state index in [1.54, 1.807) is 31.2 Å². The van der Waals surface area contributed by atoms with E-state index in [-0.39, 0.29) is 17.0 Å². The van der Waals surface area contributed by atoms with Crippen LogP contribution in [0.2, 0.25) is 0 Å². The van der Waals surface area contributed by atoms with Crippen LogP contribution in [0.25, 0.3) is 11.0 Å². The van der Waals surface area contributed by atoms with Crippen molar-refractivity contribution in [2.75, 3.05) is 0 Å². The summed E-state index contributed by atoms with van der Waals surface area (Å²) < 4.78 is 6.02. The number of hydrogen-bond acceptors (Lipinski definition) is 6. The van der Waals surface area contributed by atoms with Gasteiger partial charge in [-0.15, -0.1) is 5.11 Å². The number of aromatic hydroxyl groups is 2. The number of phenolic OH excluding ortho intramolecular Hbond substituents is 2. The van der Waals surface area contributed by atoms with Crippen LogP contribution < -0.4 is 5.63 Å². The van der Waals surface area contributed by atoms with Gasteiger partial charge >= 0.3 is 5.63 Å². The second kappa shape index (κ2) is 5.85. The van der Waals surface area contributed by atoms with Gasteiger partial charge < -0.3 is 14.6 Å². The Bertz CT molecular complexity index is 978. The first kappa shape index (κ1) is 15.2. The predicted octanol–water partition coefficient (Wildman–Crippen LogP) is 4.69. The molecule has 0 aliphatic rings. The molecular weight excluding hydrogens is 364 g/mol. The maximum atomic E-state index is 11.6. The fourth-order valence-corrected chi connectivity index (χ4v) is 2.38. The molecule has 2 N–H and O–H groups in total. The number of nitrogens with zero attached hydrogens (tertiary/aromatic N) is 2. The van der Waals surface area contributed by atoms with Gasteiger partial charge in [0.2, 0.25) is 0 Å². The number of phenols is 2. The lowest BCUT2D eigenvalue weighted by Gasteiger charge is -2.06. The Morgan fingerprint density at radius 1 is 1.09 bits per heavy atom. The summed E-state index contributed by atoms with van der Waals surface area (Å²) in [6.45, 7) is 1.70. The quantitative estimate of drug-likeness (QED) is 0.386. The number of hydrogen-bond donors (Lipinski definition) is 2. The molecule has 116 valence electrons. The standard InChI is InChI=1S/C16H11BrN2O4/c1-8-6-13(21)23-16-11(8)7-12(20)15(22)14(16)19-18-10-4-2-9(17)3-5-10/h2-7,20,22H,1H3. The van der Waals surface area contributed by atoms with Crippen molar-refractivity contribution in [3.05, 3.63) is 56.9 Å². The number of aryl methyl sites for hydroxylation is 1. The molecule has 0 aliphatic heterocycles. The van der Waals surface area contributed by atoms with Crippen LogP contribution in [0.4, 0.5) is 11.4 Å². The molecule has 0 aliphatic carbocycles. The first-order valence-electron chi connectivity index (χ1n) is 6.62. The van der Waals surface area contributed by atoms with Crippen LogP contribution in [0.3, 0.4) is 0 Å². The highest BCUT2D eigenvalue weighted by molar-refractivity contribution is 9.10. The molecule has 0 amide bonds. The van der Waals surface area contributed by atoms with Crippen molar-refractivity contribution in [1.29, 1.82) is 0 Å². The maximum Gasteiger partial charge on any atom is 0.336 e. The number of rotatable bonds is 2. The molecule has 6 nitrogen and oxygen atoms in total. The third-order valence-electron chi connectivity index (χ3n) is 3.26. The van der Waals surface area contributed by atoms with E-state index in [0.717, 1.165) is 4.47 Å². The van der Waals surface area contributed by atoms with Gasteiger partial charge in [-0.1, -0.05) is 15.9 Å². The summed E-state index contributed by atoms with van der Waals surface area (Å²) in [6, 6.07) is 9.64. The van der Waals surface area contributed by atoms with Gasteiger partial charge in [-0.05, 0) is 42.8 Å². The summed E-state index contributed by atoms with van der Waals surface area (Å²) in [7, 11) is 0. The normalized spacial score (nSPS) is 11.4. The van der Waals surface area contributed by atoms with Gasteiger partial charge in [0.15, 0.2) is 22.8 Å². The molecule has 0 radical (unpaired) electrons. The Morgan fingerprint density at radius 3 is 2.48 bits per heavy atom. The molecule has 0 spiro atoms. The SMILES string of the molecule is Cc1cc(=O)oc2c(N=Nc3ccc(Br)cc3)c(O)c(O)cc12. The third kappa shape index (κ3) is 2.95. The monoisotopic (exact) mass is 374 g/mol. The van der Waals surface area contributed by atoms with Crippen LogP contribution >= 0.6 is 15.9 Å². The van der Waals surface area contributed by atoms with Crippen molar-refractivity contribution in [3.8, 4) is 11.5 Å². The van der Waals surface area contributed by atoms with Crippen LogP contribution in [0.15, 0.2) is 60.3 Å². The fourth-order valence-electron chi connectivity index (χ4n) is 2.12. The summed E-state index contributed by atoms with van der Waals surface area (Å²) in [5.41, 5.74) is 0.556. The van der Waals surface area contributed by atoms with E-state index in [4.69, 9.17) is 4.42 Å². The van der Waals surface area contributed by atoms with Crippen molar-refractivity contribution in [2.45, 2.75) is 6.92 Å². The van der Waals surface area contributed by atoms with E-state index in [9.17, 15) is 15.0 Å². The van der Waals surface area contributed by atoms with Gasteiger partial charge in [-0.25, -0.2) is 4.79 Å². The minimum Gasteiger partial charge on any atom is -0.504 e. The Labute approximate surface area is 138 Å². The molecule has 7 heteroatoms. The average Bonchev–Trinajstić information content (AvgIpc) is 2.51. The number of fused-ring (bicyclic) bond motifs is 1. The zero-order valence-electron chi connectivity index (χ0n) is 11.9. The van der Waals surface area contributed by atoms with Crippen LogP contribution in [0, 0.1) is 6.92 Å². The summed E-state index contributed by atoms with van der Waals surface area (Å²) in [4.78, 5) is 11.6. The number of azo groups is 1. The first-order valence-corrected chi connectivity index (χ1v) is 7.41. The van der Waals surface area contributed by atoms with Gasteiger partial charge in [0.1, 0.15) is 0 Å². The lowest BCUT2D eigenvalue weighted by molar-refractivity contribution is 0.404. The van der Waals surface area contributed by atoms with Crippen LogP contribution in [0.1, 0.15) is 5.56 Å². The molecule has 1 aromatic heterocycles. The van der Waals surface area contributed by atoms with E-state index in [1.807, 2.05) is 0 Å². The van der Waals surface area contributed by atoms with Crippen molar-refractivity contribution < 1.29 is 14.6 Å². The molecule has 3 rings (SSSR count). The molecule has 0 bridgehead atoms. The van der Waals surface area contributed by atoms with E-state index >= 15 is 0 Å². The number of halogens is 1. The highest BCUT2D eigenvalue weighted by Crippen LogP contribution is 2.43. The Hall–Kier alpha value is -2.67. The smallest absolute Gasteiger partial charge is 0.336 e. The van der Waals surface area contributed by atoms with Crippen LogP contribution in [0.5, 0.6) is 11.5 Å². The predicted molar refractivity (Wildman–Crippen MR) is 88.9 cm³/mol. The first-order chi connectivity index (χ1) is 11.0. The van der Waals surface area contributed by atoms with Crippen LogP contribution in [-0.2, 0) is 0 Å². The largest absolute Gasteiger partial charge is 0.504 e. The van der Waals surface area contributed by atoms with Crippen molar-refractivity contribution in [3.63, 3.8) is 0 Å². The lowest BCUT2D eigenvalue weighted by Crippen LogP contribution is -1.97. The van der Waals surface area contributed by atoms with E-state index < -0.39 is 11.4 Å². The van der Waals surface area contributed by atoms with E-state index in [0.29, 0.717) is 16.6 Å². The van der Waals surface area contributed by atoms with Gasteiger partial charge in [-0.3, -0.25) is 0 Å². The third-order valence-corrected chi connectivity index (χ3v) is 3.79. The average molecular weight is 375 g/mol. The molecule has 1 heterocycles. The Balaban J connectivity index is 2.21. The second-order valence-corrected chi connectivity index (χ2v) is 5.81. The van der Waals surface area contributed by atoms with E-state index in [1.165, 1.54) is 12.1 Å². The van der Waals surface area contributed by atoms with Gasteiger partial charge in [-0.2, -0.15) is 5.11 Å². The molecule has 0 fully saturated rings. The molecular formula is C16H11BrN2O4. The Morgan fingerprint density at radius 2 is 1.78 bits per heavy atom. The summed E-state index contributed by atoms with van der Waals surface area (Å²) in [6.07, 6.45) is 0. The van der Waals surface area contributed by atoms with E-state index in [2.05, 4.69) is 26.2 Å². The lowest BCUT2D eigenvalue weighted by atomic mass is 10.1. The fraction of sp³-hybridized carbons (Fsp3) is 0.0625. The minimum absolute atomic E-state index is 0.0751. The molecule has 2 aromatic carbocycles. The Kier molecular flexibility index (Phi) is 3.87. The molecule has 0 saturated carbocycles. The zero-order chi connectivity index (χ0) is 16.6. The number of benzene rings is 2. The van der Waals surface area contributed by atoms with Crippen LogP contribution in [-0.4, -0.2) is 10.2 Å². The van der Waals surface area contributed by atoms with Crippen molar-refractivity contribution >= 4 is 38.3 Å². The minimum atomic E-state index is -0.569.